The third-order valence-electron chi connectivity index (χ3n) is 2.77. The maximum atomic E-state index is 11.8. The Hall–Kier alpha value is -1.12. The first-order valence-corrected chi connectivity index (χ1v) is 6.74. The summed E-state index contributed by atoms with van der Waals surface area (Å²) >= 11 is -0.198. The summed E-state index contributed by atoms with van der Waals surface area (Å²) in [5, 5.41) is 13.6. The molecule has 1 aliphatic rings. The number of halogens is 3. The molecule has 0 aromatic carbocycles. The van der Waals surface area contributed by atoms with Crippen molar-refractivity contribution >= 4 is 23.8 Å². The molecule has 0 saturated heterocycles. The Bertz CT molecular complexity index is 338. The largest absolute Gasteiger partial charge is 0.481 e. The smallest absolute Gasteiger partial charge is 0.441 e. The van der Waals surface area contributed by atoms with E-state index in [0.29, 0.717) is 19.3 Å². The van der Waals surface area contributed by atoms with Crippen molar-refractivity contribution in [3.8, 4) is 0 Å². The lowest BCUT2D eigenvalue weighted by atomic mass is 10.1. The topological polar surface area (TPSA) is 78.4 Å². The SMILES string of the molecule is O=C(NCCSC(F)(F)F)NC1CCC(C(=O)O)C1. The van der Waals surface area contributed by atoms with Gasteiger partial charge in [0.15, 0.2) is 0 Å². The first kappa shape index (κ1) is 15.9. The summed E-state index contributed by atoms with van der Waals surface area (Å²) < 4.78 is 35.4. The number of alkyl halides is 3. The zero-order valence-corrected chi connectivity index (χ0v) is 10.8. The zero-order chi connectivity index (χ0) is 14.5. The molecular formula is C10H15F3N2O3S. The van der Waals surface area contributed by atoms with Gasteiger partial charge in [0.1, 0.15) is 0 Å². The monoisotopic (exact) mass is 300 g/mol. The number of aliphatic carboxylic acids is 1. The minimum absolute atomic E-state index is 0.0922. The molecule has 0 bridgehead atoms. The van der Waals surface area contributed by atoms with Crippen LogP contribution in [0.1, 0.15) is 19.3 Å². The summed E-state index contributed by atoms with van der Waals surface area (Å²) in [5.41, 5.74) is -4.29. The van der Waals surface area contributed by atoms with Crippen molar-refractivity contribution in [1.29, 1.82) is 0 Å². The fraction of sp³-hybridized carbons (Fsp3) is 0.800. The van der Waals surface area contributed by atoms with Gasteiger partial charge < -0.3 is 15.7 Å². The van der Waals surface area contributed by atoms with Crippen LogP contribution in [0.15, 0.2) is 0 Å². The minimum atomic E-state index is -4.29. The predicted octanol–water partition coefficient (Wildman–Crippen LogP) is 1.79. The standard InChI is InChI=1S/C10H15F3N2O3S/c11-10(12,13)19-4-3-14-9(18)15-7-2-1-6(5-7)8(16)17/h6-7H,1-5H2,(H,16,17)(H2,14,15,18). The molecule has 0 aromatic rings. The van der Waals surface area contributed by atoms with Gasteiger partial charge in [0.05, 0.1) is 5.92 Å². The van der Waals surface area contributed by atoms with Crippen molar-refractivity contribution in [3.05, 3.63) is 0 Å². The van der Waals surface area contributed by atoms with Crippen molar-refractivity contribution in [3.63, 3.8) is 0 Å². The number of hydrogen-bond acceptors (Lipinski definition) is 3. The molecule has 1 fully saturated rings. The maximum Gasteiger partial charge on any atom is 0.441 e. The van der Waals surface area contributed by atoms with Crippen LogP contribution >= 0.6 is 11.8 Å². The number of carboxylic acid groups (broad SMARTS) is 1. The van der Waals surface area contributed by atoms with Gasteiger partial charge in [-0.05, 0) is 31.0 Å². The molecular weight excluding hydrogens is 285 g/mol. The van der Waals surface area contributed by atoms with Gasteiger partial charge in [0.2, 0.25) is 0 Å². The molecule has 0 aliphatic heterocycles. The molecule has 110 valence electrons. The Morgan fingerprint density at radius 1 is 1.32 bits per heavy atom. The summed E-state index contributed by atoms with van der Waals surface area (Å²) in [7, 11) is 0. The van der Waals surface area contributed by atoms with E-state index in [1.165, 1.54) is 0 Å². The molecule has 0 radical (unpaired) electrons. The molecule has 0 heterocycles. The summed E-state index contributed by atoms with van der Waals surface area (Å²) in [6.45, 7) is -0.0922. The van der Waals surface area contributed by atoms with E-state index in [1.54, 1.807) is 0 Å². The molecule has 0 spiro atoms. The van der Waals surface area contributed by atoms with Crippen LogP contribution in [0.4, 0.5) is 18.0 Å². The average molecular weight is 300 g/mol. The Labute approximate surface area is 112 Å². The van der Waals surface area contributed by atoms with Gasteiger partial charge in [-0.25, -0.2) is 4.79 Å². The molecule has 2 atom stereocenters. The number of carbonyl (C=O) groups is 2. The fourth-order valence-corrected chi connectivity index (χ4v) is 2.34. The Kier molecular flexibility index (Phi) is 5.77. The van der Waals surface area contributed by atoms with Crippen molar-refractivity contribution < 1.29 is 27.9 Å². The van der Waals surface area contributed by atoms with E-state index in [9.17, 15) is 22.8 Å². The number of thioether (sulfide) groups is 1. The van der Waals surface area contributed by atoms with Gasteiger partial charge in [-0.1, -0.05) is 0 Å². The first-order chi connectivity index (χ1) is 8.78. The molecule has 5 nitrogen and oxygen atoms in total. The molecule has 1 aliphatic carbocycles. The second-order valence-electron chi connectivity index (χ2n) is 4.24. The Morgan fingerprint density at radius 3 is 2.53 bits per heavy atom. The number of carboxylic acids is 1. The summed E-state index contributed by atoms with van der Waals surface area (Å²) in [6.07, 6.45) is 1.44. The van der Waals surface area contributed by atoms with Crippen LogP contribution in [0.25, 0.3) is 0 Å². The lowest BCUT2D eigenvalue weighted by Gasteiger charge is -2.13. The van der Waals surface area contributed by atoms with Crippen LogP contribution in [-0.4, -0.2) is 41.0 Å². The lowest BCUT2D eigenvalue weighted by molar-refractivity contribution is -0.141. The van der Waals surface area contributed by atoms with Crippen LogP contribution in [-0.2, 0) is 4.79 Å². The molecule has 2 unspecified atom stereocenters. The highest BCUT2D eigenvalue weighted by atomic mass is 32.2. The average Bonchev–Trinajstić information content (AvgIpc) is 2.71. The molecule has 0 aromatic heterocycles. The van der Waals surface area contributed by atoms with Crippen molar-refractivity contribution in [2.24, 2.45) is 5.92 Å². The highest BCUT2D eigenvalue weighted by molar-refractivity contribution is 8.00. The molecule has 19 heavy (non-hydrogen) atoms. The van der Waals surface area contributed by atoms with Crippen LogP contribution in [0.2, 0.25) is 0 Å². The van der Waals surface area contributed by atoms with Crippen molar-refractivity contribution in [2.75, 3.05) is 12.3 Å². The van der Waals surface area contributed by atoms with Crippen molar-refractivity contribution in [2.45, 2.75) is 30.8 Å². The molecule has 1 saturated carbocycles. The number of hydrogen-bond donors (Lipinski definition) is 3. The van der Waals surface area contributed by atoms with Crippen molar-refractivity contribution in [1.82, 2.24) is 10.6 Å². The van der Waals surface area contributed by atoms with E-state index in [0.717, 1.165) is 0 Å². The number of rotatable bonds is 5. The second kappa shape index (κ2) is 6.88. The first-order valence-electron chi connectivity index (χ1n) is 5.76. The maximum absolute atomic E-state index is 11.8. The van der Waals surface area contributed by atoms with Crippen LogP contribution in [0.3, 0.4) is 0 Å². The van der Waals surface area contributed by atoms with Gasteiger partial charge >= 0.3 is 17.5 Å². The van der Waals surface area contributed by atoms with Crippen LogP contribution in [0, 0.1) is 5.92 Å². The van der Waals surface area contributed by atoms with E-state index in [1.807, 2.05) is 0 Å². The summed E-state index contributed by atoms with van der Waals surface area (Å²) in [4.78, 5) is 22.0. The number of urea groups is 1. The molecule has 1 rings (SSSR count). The fourth-order valence-electron chi connectivity index (χ4n) is 1.90. The zero-order valence-electron chi connectivity index (χ0n) is 10.00. The van der Waals surface area contributed by atoms with Gasteiger partial charge in [-0.3, -0.25) is 4.79 Å². The summed E-state index contributed by atoms with van der Waals surface area (Å²) in [6, 6.07) is -0.782. The normalized spacial score (nSPS) is 23.1. The van der Waals surface area contributed by atoms with Gasteiger partial charge in [0, 0.05) is 18.3 Å². The van der Waals surface area contributed by atoms with Gasteiger partial charge in [0.25, 0.3) is 0 Å². The number of carbonyl (C=O) groups excluding carboxylic acids is 1. The van der Waals surface area contributed by atoms with Crippen LogP contribution < -0.4 is 10.6 Å². The third kappa shape index (κ3) is 6.55. The van der Waals surface area contributed by atoms with Gasteiger partial charge in [-0.2, -0.15) is 13.2 Å². The second-order valence-corrected chi connectivity index (χ2v) is 5.40. The number of amides is 2. The lowest BCUT2D eigenvalue weighted by Crippen LogP contribution is -2.42. The van der Waals surface area contributed by atoms with E-state index in [-0.39, 0.29) is 30.1 Å². The molecule has 3 N–H and O–H groups in total. The third-order valence-corrected chi connectivity index (χ3v) is 3.51. The van der Waals surface area contributed by atoms with Crippen LogP contribution in [0.5, 0.6) is 0 Å². The minimum Gasteiger partial charge on any atom is -0.481 e. The Balaban J connectivity index is 2.13. The van der Waals surface area contributed by atoms with E-state index in [4.69, 9.17) is 5.11 Å². The quantitative estimate of drug-likeness (QED) is 0.676. The van der Waals surface area contributed by atoms with E-state index < -0.39 is 23.4 Å². The highest BCUT2D eigenvalue weighted by Crippen LogP contribution is 2.29. The highest BCUT2D eigenvalue weighted by Gasteiger charge is 2.30. The summed E-state index contributed by atoms with van der Waals surface area (Å²) in [5.74, 6) is -1.59. The molecule has 9 heteroatoms. The van der Waals surface area contributed by atoms with E-state index in [2.05, 4.69) is 10.6 Å². The Morgan fingerprint density at radius 2 is 2.00 bits per heavy atom. The molecule has 2 amide bonds. The van der Waals surface area contributed by atoms with E-state index >= 15 is 0 Å². The number of nitrogens with one attached hydrogen (secondary N) is 2. The van der Waals surface area contributed by atoms with Gasteiger partial charge in [-0.15, -0.1) is 0 Å². The predicted molar refractivity (Wildman–Crippen MR) is 63.8 cm³/mol.